The van der Waals surface area contributed by atoms with Crippen molar-refractivity contribution >= 4 is 17.7 Å². The van der Waals surface area contributed by atoms with E-state index in [1.807, 2.05) is 0 Å². The lowest BCUT2D eigenvalue weighted by molar-refractivity contribution is -0.144. The second-order valence-corrected chi connectivity index (χ2v) is 5.51. The summed E-state index contributed by atoms with van der Waals surface area (Å²) in [7, 11) is 0. The van der Waals surface area contributed by atoms with Crippen LogP contribution in [0.25, 0.3) is 0 Å². The maximum Gasteiger partial charge on any atom is 0.329 e. The molecule has 0 spiro atoms. The molecule has 1 fully saturated rings. The third-order valence-electron chi connectivity index (χ3n) is 3.82. The number of amides is 1. The number of hydrogen-bond donors (Lipinski definition) is 3. The first-order chi connectivity index (χ1) is 9.43. The second kappa shape index (κ2) is 5.48. The zero-order valence-electron chi connectivity index (χ0n) is 11.4. The number of nitrogens with two attached hydrogens (primary N) is 1. The molecule has 6 nitrogen and oxygen atoms in total. The van der Waals surface area contributed by atoms with Crippen molar-refractivity contribution in [2.75, 3.05) is 5.32 Å². The number of anilines is 1. The summed E-state index contributed by atoms with van der Waals surface area (Å²) >= 11 is 0. The normalized spacial score (nSPS) is 25.9. The molecule has 20 heavy (non-hydrogen) atoms. The number of carbonyl (C=O) groups is 2. The van der Waals surface area contributed by atoms with Gasteiger partial charge in [0, 0.05) is 6.20 Å². The van der Waals surface area contributed by atoms with E-state index in [1.54, 1.807) is 12.1 Å². The van der Waals surface area contributed by atoms with E-state index in [0.29, 0.717) is 30.1 Å². The van der Waals surface area contributed by atoms with E-state index < -0.39 is 17.4 Å². The fourth-order valence-corrected chi connectivity index (χ4v) is 2.77. The third-order valence-corrected chi connectivity index (χ3v) is 3.82. The molecule has 1 aromatic heterocycles. The molecular formula is C14H19N3O3. The molecule has 2 atom stereocenters. The summed E-state index contributed by atoms with van der Waals surface area (Å²) in [6.45, 7) is 2.06. The van der Waals surface area contributed by atoms with Crippen molar-refractivity contribution < 1.29 is 14.7 Å². The van der Waals surface area contributed by atoms with E-state index >= 15 is 0 Å². The van der Waals surface area contributed by atoms with Crippen LogP contribution in [0.2, 0.25) is 0 Å². The second-order valence-electron chi connectivity index (χ2n) is 5.51. The lowest BCUT2D eigenvalue weighted by Crippen LogP contribution is -2.49. The van der Waals surface area contributed by atoms with Gasteiger partial charge in [0.15, 0.2) is 0 Å². The SMILES string of the molecule is CC1CCCC(Nc2ccc(C(N)=O)cn2)(C(=O)O)C1. The van der Waals surface area contributed by atoms with Crippen molar-refractivity contribution in [2.45, 2.75) is 38.1 Å². The predicted octanol–water partition coefficient (Wildman–Crippen LogP) is 1.63. The van der Waals surface area contributed by atoms with Gasteiger partial charge in [-0.25, -0.2) is 9.78 Å². The predicted molar refractivity (Wildman–Crippen MR) is 74.4 cm³/mol. The summed E-state index contributed by atoms with van der Waals surface area (Å²) in [5.41, 5.74) is 4.48. The Labute approximate surface area is 117 Å². The molecule has 1 saturated carbocycles. The first-order valence-corrected chi connectivity index (χ1v) is 6.70. The lowest BCUT2D eigenvalue weighted by atomic mass is 9.76. The van der Waals surface area contributed by atoms with Crippen LogP contribution in [0.3, 0.4) is 0 Å². The first kappa shape index (κ1) is 14.3. The minimum atomic E-state index is -0.973. The van der Waals surface area contributed by atoms with Gasteiger partial charge in [0.25, 0.3) is 0 Å². The van der Waals surface area contributed by atoms with E-state index in [0.717, 1.165) is 12.8 Å². The van der Waals surface area contributed by atoms with Crippen molar-refractivity contribution in [2.24, 2.45) is 11.7 Å². The van der Waals surface area contributed by atoms with Crippen LogP contribution in [0.1, 0.15) is 43.0 Å². The molecule has 1 aromatic rings. The highest BCUT2D eigenvalue weighted by Crippen LogP contribution is 2.35. The van der Waals surface area contributed by atoms with Gasteiger partial charge in [0.2, 0.25) is 5.91 Å². The van der Waals surface area contributed by atoms with Gasteiger partial charge in [0.05, 0.1) is 5.56 Å². The van der Waals surface area contributed by atoms with Gasteiger partial charge in [-0.15, -0.1) is 0 Å². The van der Waals surface area contributed by atoms with Crippen LogP contribution in [0.5, 0.6) is 0 Å². The Bertz CT molecular complexity index is 515. The molecule has 0 bridgehead atoms. The van der Waals surface area contributed by atoms with Gasteiger partial charge in [-0.3, -0.25) is 4.79 Å². The van der Waals surface area contributed by atoms with Crippen molar-refractivity contribution in [1.29, 1.82) is 0 Å². The van der Waals surface area contributed by atoms with E-state index in [1.165, 1.54) is 6.20 Å². The number of carboxylic acids is 1. The fraction of sp³-hybridized carbons (Fsp3) is 0.500. The van der Waals surface area contributed by atoms with E-state index in [-0.39, 0.29) is 0 Å². The van der Waals surface area contributed by atoms with Gasteiger partial charge in [-0.1, -0.05) is 19.8 Å². The summed E-state index contributed by atoms with van der Waals surface area (Å²) in [5, 5.41) is 12.6. The number of nitrogens with zero attached hydrogens (tertiary/aromatic N) is 1. The lowest BCUT2D eigenvalue weighted by Gasteiger charge is -2.37. The van der Waals surface area contributed by atoms with Gasteiger partial charge in [0.1, 0.15) is 11.4 Å². The zero-order valence-corrected chi connectivity index (χ0v) is 11.4. The van der Waals surface area contributed by atoms with Crippen LogP contribution in [-0.4, -0.2) is 27.5 Å². The average molecular weight is 277 g/mol. The largest absolute Gasteiger partial charge is 0.480 e. The van der Waals surface area contributed by atoms with Gasteiger partial charge in [-0.05, 0) is 30.9 Å². The van der Waals surface area contributed by atoms with Crippen molar-refractivity contribution in [1.82, 2.24) is 4.98 Å². The minimum absolute atomic E-state index is 0.303. The molecule has 1 aliphatic carbocycles. The monoisotopic (exact) mass is 277 g/mol. The molecule has 108 valence electrons. The number of rotatable bonds is 4. The molecule has 1 heterocycles. The van der Waals surface area contributed by atoms with Crippen LogP contribution < -0.4 is 11.1 Å². The standard InChI is InChI=1S/C14H19N3O3/c1-9-3-2-6-14(7-9,13(19)20)17-11-5-4-10(8-16-11)12(15)18/h4-5,8-9H,2-3,6-7H2,1H3,(H2,15,18)(H,16,17)(H,19,20). The summed E-state index contributed by atoms with van der Waals surface area (Å²) in [5.74, 6) is -0.600. The minimum Gasteiger partial charge on any atom is -0.480 e. The number of aromatic nitrogens is 1. The van der Waals surface area contributed by atoms with Crippen LogP contribution in [0, 0.1) is 5.92 Å². The number of hydrogen-bond acceptors (Lipinski definition) is 4. The topological polar surface area (TPSA) is 105 Å². The average Bonchev–Trinajstić information content (AvgIpc) is 2.39. The fourth-order valence-electron chi connectivity index (χ4n) is 2.77. The number of carboxylic acid groups (broad SMARTS) is 1. The summed E-state index contributed by atoms with van der Waals surface area (Å²) in [4.78, 5) is 26.7. The Morgan fingerprint density at radius 3 is 2.75 bits per heavy atom. The number of primary amides is 1. The molecular weight excluding hydrogens is 258 g/mol. The Morgan fingerprint density at radius 1 is 1.50 bits per heavy atom. The van der Waals surface area contributed by atoms with Gasteiger partial charge >= 0.3 is 5.97 Å². The van der Waals surface area contributed by atoms with Crippen LogP contribution in [0.4, 0.5) is 5.82 Å². The number of aliphatic carboxylic acids is 1. The van der Waals surface area contributed by atoms with Gasteiger partial charge in [-0.2, -0.15) is 0 Å². The Kier molecular flexibility index (Phi) is 3.92. The molecule has 2 rings (SSSR count). The van der Waals surface area contributed by atoms with Crippen LogP contribution in [-0.2, 0) is 4.79 Å². The Hall–Kier alpha value is -2.11. The Balaban J connectivity index is 2.20. The maximum atomic E-state index is 11.6. The van der Waals surface area contributed by atoms with Crippen molar-refractivity contribution in [3.63, 3.8) is 0 Å². The number of pyridine rings is 1. The molecule has 0 aliphatic heterocycles. The molecule has 2 unspecified atom stereocenters. The Morgan fingerprint density at radius 2 is 2.25 bits per heavy atom. The number of carbonyl (C=O) groups excluding carboxylic acids is 1. The molecule has 1 aliphatic rings. The van der Waals surface area contributed by atoms with Gasteiger partial charge < -0.3 is 16.2 Å². The first-order valence-electron chi connectivity index (χ1n) is 6.70. The molecule has 1 amide bonds. The van der Waals surface area contributed by atoms with Crippen molar-refractivity contribution in [3.05, 3.63) is 23.9 Å². The van der Waals surface area contributed by atoms with E-state index in [9.17, 15) is 14.7 Å². The number of nitrogens with one attached hydrogen (secondary N) is 1. The summed E-state index contributed by atoms with van der Waals surface area (Å²) in [6.07, 6.45) is 4.42. The summed E-state index contributed by atoms with van der Waals surface area (Å²) < 4.78 is 0. The van der Waals surface area contributed by atoms with Crippen LogP contribution >= 0.6 is 0 Å². The quantitative estimate of drug-likeness (QED) is 0.775. The van der Waals surface area contributed by atoms with E-state index in [4.69, 9.17) is 5.73 Å². The molecule has 4 N–H and O–H groups in total. The highest BCUT2D eigenvalue weighted by molar-refractivity contribution is 5.92. The molecule has 6 heteroatoms. The highest BCUT2D eigenvalue weighted by atomic mass is 16.4. The third kappa shape index (κ3) is 2.89. The maximum absolute atomic E-state index is 11.6. The smallest absolute Gasteiger partial charge is 0.329 e. The van der Waals surface area contributed by atoms with Crippen LogP contribution in [0.15, 0.2) is 18.3 Å². The van der Waals surface area contributed by atoms with Crippen molar-refractivity contribution in [3.8, 4) is 0 Å². The highest BCUT2D eigenvalue weighted by Gasteiger charge is 2.42. The zero-order chi connectivity index (χ0) is 14.8. The summed E-state index contributed by atoms with van der Waals surface area (Å²) in [6, 6.07) is 3.13. The molecule has 0 saturated heterocycles. The molecule has 0 radical (unpaired) electrons. The van der Waals surface area contributed by atoms with E-state index in [2.05, 4.69) is 17.2 Å². The molecule has 0 aromatic carbocycles.